The number of hydrogen-bond acceptors (Lipinski definition) is 3. The second-order valence-electron chi connectivity index (χ2n) is 2.87. The van der Waals surface area contributed by atoms with Crippen molar-refractivity contribution in [2.45, 2.75) is 12.5 Å². The number of nitrogens with zero attached hydrogens (tertiary/aromatic N) is 1. The summed E-state index contributed by atoms with van der Waals surface area (Å²) in [7, 11) is 0. The van der Waals surface area contributed by atoms with Crippen molar-refractivity contribution in [3.63, 3.8) is 0 Å². The van der Waals surface area contributed by atoms with Crippen LogP contribution in [0.2, 0.25) is 5.02 Å². The van der Waals surface area contributed by atoms with Crippen LogP contribution in [0.15, 0.2) is 18.3 Å². The lowest BCUT2D eigenvalue weighted by Crippen LogP contribution is -2.42. The van der Waals surface area contributed by atoms with Crippen LogP contribution in [-0.4, -0.2) is 16.1 Å². The van der Waals surface area contributed by atoms with E-state index in [9.17, 15) is 4.79 Å². The number of carboxylic acid groups (broad SMARTS) is 1. The van der Waals surface area contributed by atoms with Crippen LogP contribution in [-0.2, 0) is 10.3 Å². The topological polar surface area (TPSA) is 76.2 Å². The third kappa shape index (κ3) is 1.96. The Balaban J connectivity index is 3.14. The second kappa shape index (κ2) is 3.32. The third-order valence-corrected chi connectivity index (χ3v) is 1.93. The van der Waals surface area contributed by atoms with E-state index in [1.165, 1.54) is 19.2 Å². The number of aliphatic carboxylic acids is 1. The lowest BCUT2D eigenvalue weighted by molar-refractivity contribution is -0.143. The van der Waals surface area contributed by atoms with Crippen LogP contribution in [0.25, 0.3) is 0 Å². The first-order valence-corrected chi connectivity index (χ1v) is 3.96. The van der Waals surface area contributed by atoms with Crippen LogP contribution in [0.1, 0.15) is 12.6 Å². The lowest BCUT2D eigenvalue weighted by Gasteiger charge is -2.18. The molecule has 0 aromatic carbocycles. The number of hydrogen-bond donors (Lipinski definition) is 2. The van der Waals surface area contributed by atoms with Crippen LogP contribution in [0.5, 0.6) is 0 Å². The van der Waals surface area contributed by atoms with E-state index in [2.05, 4.69) is 4.98 Å². The summed E-state index contributed by atoms with van der Waals surface area (Å²) in [5.74, 6) is -1.14. The number of carbonyl (C=O) groups is 1. The first-order valence-electron chi connectivity index (χ1n) is 3.59. The fourth-order valence-corrected chi connectivity index (χ4v) is 0.958. The third-order valence-electron chi connectivity index (χ3n) is 1.70. The molecule has 0 fully saturated rings. The summed E-state index contributed by atoms with van der Waals surface area (Å²) >= 11 is 5.67. The highest BCUT2D eigenvalue weighted by Crippen LogP contribution is 2.18. The maximum Gasteiger partial charge on any atom is 0.329 e. The summed E-state index contributed by atoms with van der Waals surface area (Å²) in [5.41, 5.74) is 4.28. The minimum absolute atomic E-state index is 0.243. The van der Waals surface area contributed by atoms with Crippen LogP contribution in [0.3, 0.4) is 0 Å². The number of carboxylic acids is 1. The number of pyridine rings is 1. The molecule has 13 heavy (non-hydrogen) atoms. The van der Waals surface area contributed by atoms with E-state index in [0.29, 0.717) is 5.02 Å². The van der Waals surface area contributed by atoms with Gasteiger partial charge in [0.1, 0.15) is 0 Å². The Morgan fingerprint density at radius 2 is 2.38 bits per heavy atom. The zero-order valence-corrected chi connectivity index (χ0v) is 7.75. The van der Waals surface area contributed by atoms with Gasteiger partial charge in [0.2, 0.25) is 0 Å². The minimum Gasteiger partial charge on any atom is -0.480 e. The molecule has 0 amide bonds. The van der Waals surface area contributed by atoms with Crippen molar-refractivity contribution in [3.05, 3.63) is 29.0 Å². The van der Waals surface area contributed by atoms with E-state index in [1.54, 1.807) is 6.07 Å². The maximum atomic E-state index is 10.7. The fourth-order valence-electron chi connectivity index (χ4n) is 0.798. The zero-order valence-electron chi connectivity index (χ0n) is 6.99. The first-order chi connectivity index (χ1) is 5.94. The van der Waals surface area contributed by atoms with Crippen LogP contribution < -0.4 is 5.73 Å². The van der Waals surface area contributed by atoms with Crippen molar-refractivity contribution in [3.8, 4) is 0 Å². The molecule has 1 unspecified atom stereocenters. The summed E-state index contributed by atoms with van der Waals surface area (Å²) in [4.78, 5) is 14.6. The molecule has 1 aromatic heterocycles. The number of aromatic nitrogens is 1. The minimum atomic E-state index is -1.50. The van der Waals surface area contributed by atoms with Crippen molar-refractivity contribution in [1.29, 1.82) is 0 Å². The van der Waals surface area contributed by atoms with E-state index >= 15 is 0 Å². The second-order valence-corrected chi connectivity index (χ2v) is 3.30. The molecule has 0 saturated heterocycles. The summed E-state index contributed by atoms with van der Waals surface area (Å²) < 4.78 is 0. The lowest BCUT2D eigenvalue weighted by atomic mass is 9.99. The van der Waals surface area contributed by atoms with E-state index in [4.69, 9.17) is 22.4 Å². The average Bonchev–Trinajstić information content (AvgIpc) is 2.04. The SMILES string of the molecule is CC(N)(C(=O)O)c1cc(Cl)ccn1. The van der Waals surface area contributed by atoms with E-state index in [0.717, 1.165) is 0 Å². The Morgan fingerprint density at radius 1 is 1.77 bits per heavy atom. The van der Waals surface area contributed by atoms with Crippen molar-refractivity contribution in [1.82, 2.24) is 4.98 Å². The van der Waals surface area contributed by atoms with Crippen molar-refractivity contribution < 1.29 is 9.90 Å². The average molecular weight is 201 g/mol. The standard InChI is InChI=1S/C8H9ClN2O2/c1-8(10,7(12)13)6-4-5(9)2-3-11-6/h2-4H,10H2,1H3,(H,12,13). The van der Waals surface area contributed by atoms with Crippen LogP contribution in [0, 0.1) is 0 Å². The molecule has 0 aliphatic heterocycles. The highest BCUT2D eigenvalue weighted by molar-refractivity contribution is 6.30. The van der Waals surface area contributed by atoms with Gasteiger partial charge in [0.05, 0.1) is 5.69 Å². The Labute approximate surface area is 80.3 Å². The molecule has 0 saturated carbocycles. The Hall–Kier alpha value is -1.13. The van der Waals surface area contributed by atoms with Gasteiger partial charge in [-0.2, -0.15) is 0 Å². The number of rotatable bonds is 2. The molecule has 1 heterocycles. The van der Waals surface area contributed by atoms with Crippen molar-refractivity contribution in [2.24, 2.45) is 5.73 Å². The Morgan fingerprint density at radius 3 is 2.85 bits per heavy atom. The van der Waals surface area contributed by atoms with Gasteiger partial charge in [-0.25, -0.2) is 4.79 Å². The molecule has 1 rings (SSSR count). The molecule has 4 nitrogen and oxygen atoms in total. The van der Waals surface area contributed by atoms with E-state index in [1.807, 2.05) is 0 Å². The van der Waals surface area contributed by atoms with Crippen molar-refractivity contribution >= 4 is 17.6 Å². The molecule has 0 radical (unpaired) electrons. The smallest absolute Gasteiger partial charge is 0.329 e. The van der Waals surface area contributed by atoms with Gasteiger partial charge in [0, 0.05) is 11.2 Å². The van der Waals surface area contributed by atoms with Gasteiger partial charge in [0.15, 0.2) is 5.54 Å². The van der Waals surface area contributed by atoms with Gasteiger partial charge in [-0.15, -0.1) is 0 Å². The van der Waals surface area contributed by atoms with Gasteiger partial charge in [-0.05, 0) is 19.1 Å². The van der Waals surface area contributed by atoms with Crippen LogP contribution >= 0.6 is 11.6 Å². The zero-order chi connectivity index (χ0) is 10.1. The fraction of sp³-hybridized carbons (Fsp3) is 0.250. The quantitative estimate of drug-likeness (QED) is 0.747. The predicted molar refractivity (Wildman–Crippen MR) is 48.4 cm³/mol. The number of nitrogens with two attached hydrogens (primary N) is 1. The Kier molecular flexibility index (Phi) is 2.54. The number of halogens is 1. The van der Waals surface area contributed by atoms with Gasteiger partial charge < -0.3 is 10.8 Å². The van der Waals surface area contributed by atoms with Crippen LogP contribution in [0.4, 0.5) is 0 Å². The highest BCUT2D eigenvalue weighted by Gasteiger charge is 2.31. The molecular formula is C8H9ClN2O2. The van der Waals surface area contributed by atoms with Crippen molar-refractivity contribution in [2.75, 3.05) is 0 Å². The molecule has 1 aromatic rings. The largest absolute Gasteiger partial charge is 0.480 e. The maximum absolute atomic E-state index is 10.7. The Bertz CT molecular complexity index is 339. The van der Waals surface area contributed by atoms with Gasteiger partial charge in [-0.1, -0.05) is 11.6 Å². The van der Waals surface area contributed by atoms with Gasteiger partial charge >= 0.3 is 5.97 Å². The summed E-state index contributed by atoms with van der Waals surface area (Å²) in [5, 5.41) is 9.20. The summed E-state index contributed by atoms with van der Waals surface area (Å²) in [6.07, 6.45) is 1.42. The van der Waals surface area contributed by atoms with Gasteiger partial charge in [-0.3, -0.25) is 4.98 Å². The van der Waals surface area contributed by atoms with Gasteiger partial charge in [0.25, 0.3) is 0 Å². The molecule has 0 aliphatic rings. The molecule has 0 spiro atoms. The normalized spacial score (nSPS) is 15.0. The molecular weight excluding hydrogens is 192 g/mol. The summed E-state index contributed by atoms with van der Waals surface area (Å²) in [6.45, 7) is 1.37. The summed E-state index contributed by atoms with van der Waals surface area (Å²) in [6, 6.07) is 3.00. The molecule has 70 valence electrons. The van der Waals surface area contributed by atoms with E-state index in [-0.39, 0.29) is 5.69 Å². The molecule has 1 atom stereocenters. The molecule has 3 N–H and O–H groups in total. The monoisotopic (exact) mass is 200 g/mol. The molecule has 5 heteroatoms. The molecule has 0 bridgehead atoms. The predicted octanol–water partition coefficient (Wildman–Crippen LogP) is 0.994. The first kappa shape index (κ1) is 9.95. The molecule has 0 aliphatic carbocycles. The van der Waals surface area contributed by atoms with E-state index < -0.39 is 11.5 Å². The highest BCUT2D eigenvalue weighted by atomic mass is 35.5.